The molecule has 0 fully saturated rings. The Labute approximate surface area is 200 Å². The summed E-state index contributed by atoms with van der Waals surface area (Å²) in [6.45, 7) is 0.618. The number of rotatable bonds is 5. The zero-order valence-electron chi connectivity index (χ0n) is 19.1. The van der Waals surface area contributed by atoms with Crippen molar-refractivity contribution in [2.45, 2.75) is 24.8 Å². The van der Waals surface area contributed by atoms with Crippen LogP contribution in [0.3, 0.4) is 0 Å². The summed E-state index contributed by atoms with van der Waals surface area (Å²) in [5.74, 6) is 0.757. The number of hydrogen-bond acceptors (Lipinski definition) is 2. The summed E-state index contributed by atoms with van der Waals surface area (Å²) in [5, 5.41) is 9.45. The average Bonchev–Trinajstić information content (AvgIpc) is 3.38. The second-order valence-corrected chi connectivity index (χ2v) is 9.34. The molecule has 0 aromatic heterocycles. The highest BCUT2D eigenvalue weighted by molar-refractivity contribution is 6.01. The maximum absolute atomic E-state index is 13.2. The van der Waals surface area contributed by atoms with Crippen LogP contribution in [0.15, 0.2) is 103 Å². The number of carbonyl (C=O) groups excluding carboxylic acids is 1. The quantitative estimate of drug-likeness (QED) is 0.339. The molecule has 1 aliphatic heterocycles. The minimum Gasteiger partial charge on any atom is -0.377 e. The molecule has 4 aromatic rings. The summed E-state index contributed by atoms with van der Waals surface area (Å²) >= 11 is 0. The van der Waals surface area contributed by atoms with Gasteiger partial charge < -0.3 is 10.6 Å². The average molecular weight is 445 g/mol. The van der Waals surface area contributed by atoms with E-state index in [0.29, 0.717) is 18.4 Å². The molecule has 1 aliphatic carbocycles. The van der Waals surface area contributed by atoms with Gasteiger partial charge in [0.05, 0.1) is 17.3 Å². The van der Waals surface area contributed by atoms with E-state index >= 15 is 0 Å². The van der Waals surface area contributed by atoms with E-state index < -0.39 is 0 Å². The molecule has 0 spiro atoms. The van der Waals surface area contributed by atoms with Crippen molar-refractivity contribution in [1.29, 1.82) is 0 Å². The molecular formula is C31H28N2O. The van der Waals surface area contributed by atoms with Gasteiger partial charge in [-0.15, -0.1) is 0 Å². The second kappa shape index (κ2) is 8.83. The molecular weight excluding hydrogens is 416 g/mol. The van der Waals surface area contributed by atoms with Gasteiger partial charge in [-0.2, -0.15) is 0 Å². The fourth-order valence-corrected chi connectivity index (χ4v) is 5.60. The first-order chi connectivity index (χ1) is 16.8. The normalized spacial score (nSPS) is 20.4. The Kier molecular flexibility index (Phi) is 5.38. The first-order valence-electron chi connectivity index (χ1n) is 12.1. The largest absolute Gasteiger partial charge is 0.377 e. The van der Waals surface area contributed by atoms with Crippen molar-refractivity contribution in [3.8, 4) is 0 Å². The molecule has 3 unspecified atom stereocenters. The van der Waals surface area contributed by atoms with E-state index in [0.717, 1.165) is 24.1 Å². The van der Waals surface area contributed by atoms with Crippen molar-refractivity contribution in [2.75, 3.05) is 11.9 Å². The minimum atomic E-state index is -0.0158. The molecule has 2 N–H and O–H groups in total. The Hall–Kier alpha value is -3.85. The van der Waals surface area contributed by atoms with Crippen LogP contribution in [0.5, 0.6) is 0 Å². The number of fused-ring (bicyclic) bond motifs is 4. The van der Waals surface area contributed by atoms with Gasteiger partial charge in [-0.3, -0.25) is 4.79 Å². The highest BCUT2D eigenvalue weighted by Crippen LogP contribution is 2.50. The standard InChI is InChI=1S/C31H28N2O/c34-31(32-19-18-21-8-2-1-3-9-21)28-15-7-14-27-25-12-6-13-26(25)29(33-30(27)28)24-17-16-22-10-4-5-11-23(22)20-24/h1-12,14-17,20,25-26,29,33H,13,18-19H2,(H,32,34). The van der Waals surface area contributed by atoms with E-state index in [-0.39, 0.29) is 11.9 Å². The summed E-state index contributed by atoms with van der Waals surface area (Å²) < 4.78 is 0. The molecule has 4 aromatic carbocycles. The number of para-hydroxylation sites is 1. The van der Waals surface area contributed by atoms with Crippen molar-refractivity contribution in [3.63, 3.8) is 0 Å². The predicted molar refractivity (Wildman–Crippen MR) is 139 cm³/mol. The van der Waals surface area contributed by atoms with Gasteiger partial charge in [0.15, 0.2) is 0 Å². The van der Waals surface area contributed by atoms with Crippen LogP contribution in [-0.4, -0.2) is 12.5 Å². The molecule has 0 bridgehead atoms. The van der Waals surface area contributed by atoms with Gasteiger partial charge in [0, 0.05) is 12.5 Å². The number of anilines is 1. The van der Waals surface area contributed by atoms with Crippen molar-refractivity contribution in [1.82, 2.24) is 5.32 Å². The summed E-state index contributed by atoms with van der Waals surface area (Å²) in [6.07, 6.45) is 6.49. The van der Waals surface area contributed by atoms with Crippen LogP contribution in [0.1, 0.15) is 45.4 Å². The third kappa shape index (κ3) is 3.77. The summed E-state index contributed by atoms with van der Waals surface area (Å²) in [4.78, 5) is 13.2. The van der Waals surface area contributed by atoms with Crippen LogP contribution in [0.4, 0.5) is 5.69 Å². The maximum Gasteiger partial charge on any atom is 0.253 e. The Morgan fingerprint density at radius 2 is 1.71 bits per heavy atom. The first-order valence-corrected chi connectivity index (χ1v) is 12.1. The van der Waals surface area contributed by atoms with Gasteiger partial charge in [0.25, 0.3) is 5.91 Å². The molecule has 3 atom stereocenters. The zero-order valence-corrected chi connectivity index (χ0v) is 19.1. The monoisotopic (exact) mass is 444 g/mol. The van der Waals surface area contributed by atoms with Crippen LogP contribution in [-0.2, 0) is 6.42 Å². The number of allylic oxidation sites excluding steroid dienone is 2. The van der Waals surface area contributed by atoms with Crippen molar-refractivity contribution in [2.24, 2.45) is 5.92 Å². The van der Waals surface area contributed by atoms with E-state index in [1.54, 1.807) is 0 Å². The number of hydrogen-bond donors (Lipinski definition) is 2. The highest BCUT2D eigenvalue weighted by Gasteiger charge is 2.39. The Morgan fingerprint density at radius 1 is 0.882 bits per heavy atom. The lowest BCUT2D eigenvalue weighted by Crippen LogP contribution is -2.32. The Morgan fingerprint density at radius 3 is 2.59 bits per heavy atom. The number of nitrogens with one attached hydrogen (secondary N) is 2. The second-order valence-electron chi connectivity index (χ2n) is 9.34. The SMILES string of the molecule is O=C(NCCc1ccccc1)c1cccc2c1NC(c1ccc3ccccc3c1)C1CC=CC21. The minimum absolute atomic E-state index is 0.0158. The van der Waals surface area contributed by atoms with Gasteiger partial charge >= 0.3 is 0 Å². The van der Waals surface area contributed by atoms with Gasteiger partial charge in [-0.1, -0.05) is 91.0 Å². The Balaban J connectivity index is 1.30. The van der Waals surface area contributed by atoms with Crippen molar-refractivity contribution in [3.05, 3.63) is 125 Å². The van der Waals surface area contributed by atoms with E-state index in [1.807, 2.05) is 30.3 Å². The van der Waals surface area contributed by atoms with Crippen LogP contribution < -0.4 is 10.6 Å². The lowest BCUT2D eigenvalue weighted by molar-refractivity contribution is 0.0954. The lowest BCUT2D eigenvalue weighted by atomic mass is 9.76. The number of carbonyl (C=O) groups is 1. The third-order valence-corrected chi connectivity index (χ3v) is 7.32. The van der Waals surface area contributed by atoms with Crippen LogP contribution in [0.2, 0.25) is 0 Å². The van der Waals surface area contributed by atoms with E-state index in [2.05, 4.69) is 83.4 Å². The maximum atomic E-state index is 13.2. The molecule has 34 heavy (non-hydrogen) atoms. The van der Waals surface area contributed by atoms with Crippen molar-refractivity contribution >= 4 is 22.4 Å². The first kappa shape index (κ1) is 20.7. The molecule has 1 amide bonds. The molecule has 168 valence electrons. The molecule has 0 saturated heterocycles. The van der Waals surface area contributed by atoms with E-state index in [4.69, 9.17) is 0 Å². The molecule has 3 nitrogen and oxygen atoms in total. The van der Waals surface area contributed by atoms with E-state index in [1.165, 1.54) is 27.5 Å². The van der Waals surface area contributed by atoms with Crippen LogP contribution >= 0.6 is 0 Å². The molecule has 2 aliphatic rings. The Bertz CT molecular complexity index is 1370. The zero-order chi connectivity index (χ0) is 22.9. The van der Waals surface area contributed by atoms with Gasteiger partial charge in [-0.25, -0.2) is 0 Å². The number of benzene rings is 4. The lowest BCUT2D eigenvalue weighted by Gasteiger charge is -2.38. The summed E-state index contributed by atoms with van der Waals surface area (Å²) in [7, 11) is 0. The van der Waals surface area contributed by atoms with Gasteiger partial charge in [0.2, 0.25) is 0 Å². The van der Waals surface area contributed by atoms with Gasteiger partial charge in [-0.05, 0) is 58.4 Å². The number of amides is 1. The molecule has 6 rings (SSSR count). The fourth-order valence-electron chi connectivity index (χ4n) is 5.60. The van der Waals surface area contributed by atoms with Gasteiger partial charge in [0.1, 0.15) is 0 Å². The van der Waals surface area contributed by atoms with Crippen LogP contribution in [0.25, 0.3) is 10.8 Å². The van der Waals surface area contributed by atoms with E-state index in [9.17, 15) is 4.79 Å². The third-order valence-electron chi connectivity index (χ3n) is 7.32. The van der Waals surface area contributed by atoms with Crippen LogP contribution in [0, 0.1) is 5.92 Å². The highest BCUT2D eigenvalue weighted by atomic mass is 16.1. The fraction of sp³-hybridized carbons (Fsp3) is 0.194. The van der Waals surface area contributed by atoms with Crippen molar-refractivity contribution < 1.29 is 4.79 Å². The summed E-state index contributed by atoms with van der Waals surface area (Å²) in [6, 6.07) is 31.8. The molecule has 3 heteroatoms. The molecule has 1 heterocycles. The summed E-state index contributed by atoms with van der Waals surface area (Å²) in [5.41, 5.74) is 5.45. The topological polar surface area (TPSA) is 41.1 Å². The molecule has 0 saturated carbocycles. The predicted octanol–water partition coefficient (Wildman–Crippen LogP) is 6.64. The smallest absolute Gasteiger partial charge is 0.253 e. The molecule has 0 radical (unpaired) electrons.